The lowest BCUT2D eigenvalue weighted by Crippen LogP contribution is -2.26. The average molecular weight is 354 g/mol. The van der Waals surface area contributed by atoms with Crippen molar-refractivity contribution in [3.8, 4) is 11.5 Å². The van der Waals surface area contributed by atoms with E-state index in [1.807, 2.05) is 12.1 Å². The highest BCUT2D eigenvalue weighted by Crippen LogP contribution is 2.35. The monoisotopic (exact) mass is 354 g/mol. The fourth-order valence-corrected chi connectivity index (χ4v) is 3.57. The first-order valence-corrected chi connectivity index (χ1v) is 8.70. The van der Waals surface area contributed by atoms with E-state index >= 15 is 0 Å². The third-order valence-electron chi connectivity index (χ3n) is 4.94. The number of aliphatic hydroxyl groups is 1. The Bertz CT molecular complexity index is 854. The van der Waals surface area contributed by atoms with Gasteiger partial charge in [-0.25, -0.2) is 4.98 Å². The molecule has 0 saturated carbocycles. The van der Waals surface area contributed by atoms with Crippen molar-refractivity contribution in [2.24, 2.45) is 0 Å². The van der Waals surface area contributed by atoms with Crippen molar-refractivity contribution in [3.63, 3.8) is 0 Å². The fourth-order valence-electron chi connectivity index (χ4n) is 3.57. The van der Waals surface area contributed by atoms with Crippen molar-refractivity contribution in [1.82, 2.24) is 9.97 Å². The van der Waals surface area contributed by atoms with E-state index in [2.05, 4.69) is 9.97 Å². The van der Waals surface area contributed by atoms with Gasteiger partial charge in [-0.3, -0.25) is 5.41 Å². The van der Waals surface area contributed by atoms with Crippen molar-refractivity contribution >= 4 is 17.1 Å². The number of hydrogen-bond donors (Lipinski definition) is 3. The maximum atomic E-state index is 10.5. The van der Waals surface area contributed by atoms with Gasteiger partial charge in [0.05, 0.1) is 37.7 Å². The fraction of sp³-hybridized carbons (Fsp3) is 0.368. The lowest BCUT2D eigenvalue weighted by Gasteiger charge is -2.20. The second-order valence-electron chi connectivity index (χ2n) is 6.55. The lowest BCUT2D eigenvalue weighted by atomic mass is 10.0. The van der Waals surface area contributed by atoms with E-state index in [9.17, 15) is 5.11 Å². The summed E-state index contributed by atoms with van der Waals surface area (Å²) < 4.78 is 10.6. The van der Waals surface area contributed by atoms with Gasteiger partial charge in [-0.05, 0) is 25.7 Å². The molecule has 26 heavy (non-hydrogen) atoms. The molecular formula is C19H22N4O3. The van der Waals surface area contributed by atoms with Gasteiger partial charge in [0.2, 0.25) is 0 Å². The van der Waals surface area contributed by atoms with Gasteiger partial charge in [0, 0.05) is 23.9 Å². The van der Waals surface area contributed by atoms with Gasteiger partial charge in [-0.2, -0.15) is 0 Å². The second kappa shape index (κ2) is 6.40. The number of nitrogens with one attached hydrogen (secondary N) is 2. The number of imidazole rings is 1. The minimum atomic E-state index is 0.142. The number of ether oxygens (including phenoxy) is 2. The molecule has 0 fully saturated rings. The Kier molecular flexibility index (Phi) is 4.06. The number of aliphatic hydroxyl groups excluding tert-OH is 1. The molecule has 1 aromatic carbocycles. The van der Waals surface area contributed by atoms with Crippen LogP contribution in [0.25, 0.3) is 5.57 Å². The van der Waals surface area contributed by atoms with Crippen molar-refractivity contribution in [1.29, 1.82) is 5.41 Å². The van der Waals surface area contributed by atoms with E-state index in [1.54, 1.807) is 25.2 Å². The first-order chi connectivity index (χ1) is 12.6. The maximum absolute atomic E-state index is 10.5. The number of fused-ring (bicyclic) bond motifs is 1. The summed E-state index contributed by atoms with van der Waals surface area (Å²) in [5, 5.41) is 19.1. The molecule has 136 valence electrons. The molecule has 2 heterocycles. The van der Waals surface area contributed by atoms with Crippen molar-refractivity contribution < 1.29 is 14.6 Å². The zero-order valence-corrected chi connectivity index (χ0v) is 14.9. The molecule has 0 atom stereocenters. The van der Waals surface area contributed by atoms with E-state index < -0.39 is 0 Å². The molecule has 0 amide bonds. The second-order valence-corrected chi connectivity index (χ2v) is 6.55. The standard InChI is InChI=1S/C19H22N4O3/c1-25-12-7-11(8-13(9-12)26-2)23-10-16(24)17(18(23)20)19-21-14-5-3-4-6-15(14)22-19/h7-9,20,24H,3-6,10H2,1-2H3,(H,21,22). The lowest BCUT2D eigenvalue weighted by molar-refractivity contribution is 0.394. The molecule has 1 aromatic heterocycles. The number of aromatic amines is 1. The summed E-state index contributed by atoms with van der Waals surface area (Å²) >= 11 is 0. The number of methoxy groups -OCH3 is 2. The van der Waals surface area contributed by atoms with Gasteiger partial charge in [-0.15, -0.1) is 0 Å². The Morgan fingerprint density at radius 3 is 2.46 bits per heavy atom. The molecule has 7 heteroatoms. The van der Waals surface area contributed by atoms with Crippen molar-refractivity contribution in [2.45, 2.75) is 25.7 Å². The SMILES string of the molecule is COc1cc(OC)cc(N2CC(O)=C(c3nc4c([nH]3)CCCC4)C2=N)c1. The number of H-pyrrole nitrogens is 1. The van der Waals surface area contributed by atoms with Gasteiger partial charge in [0.25, 0.3) is 0 Å². The van der Waals surface area contributed by atoms with Gasteiger partial charge in [0.15, 0.2) is 0 Å². The molecule has 0 unspecified atom stereocenters. The van der Waals surface area contributed by atoms with Crippen LogP contribution in [-0.2, 0) is 12.8 Å². The minimum Gasteiger partial charge on any atom is -0.509 e. The first-order valence-electron chi connectivity index (χ1n) is 8.70. The highest BCUT2D eigenvalue weighted by atomic mass is 16.5. The number of hydrogen-bond acceptors (Lipinski definition) is 5. The van der Waals surface area contributed by atoms with Crippen molar-refractivity contribution in [2.75, 3.05) is 25.7 Å². The molecule has 0 saturated heterocycles. The molecule has 2 aliphatic rings. The Hall–Kier alpha value is -2.96. The zero-order valence-electron chi connectivity index (χ0n) is 14.9. The summed E-state index contributed by atoms with van der Waals surface area (Å²) in [6, 6.07) is 5.42. The van der Waals surface area contributed by atoms with Gasteiger partial charge >= 0.3 is 0 Å². The molecule has 7 nitrogen and oxygen atoms in total. The normalized spacial score (nSPS) is 16.8. The third kappa shape index (κ3) is 2.69. The molecule has 2 aromatic rings. The molecule has 1 aliphatic carbocycles. The summed E-state index contributed by atoms with van der Waals surface area (Å²) in [4.78, 5) is 9.67. The Balaban J connectivity index is 1.67. The highest BCUT2D eigenvalue weighted by Gasteiger charge is 2.32. The van der Waals surface area contributed by atoms with Crippen LogP contribution in [0.15, 0.2) is 24.0 Å². The molecule has 1 aliphatic heterocycles. The Morgan fingerprint density at radius 2 is 1.81 bits per heavy atom. The van der Waals surface area contributed by atoms with Gasteiger partial charge in [-0.1, -0.05) is 0 Å². The van der Waals surface area contributed by atoms with Gasteiger partial charge < -0.3 is 24.5 Å². The van der Waals surface area contributed by atoms with Crippen LogP contribution < -0.4 is 14.4 Å². The first kappa shape index (κ1) is 16.5. The maximum Gasteiger partial charge on any atom is 0.145 e. The third-order valence-corrected chi connectivity index (χ3v) is 4.94. The number of rotatable bonds is 4. The summed E-state index contributed by atoms with van der Waals surface area (Å²) in [6.45, 7) is 0.218. The van der Waals surface area contributed by atoms with Crippen LogP contribution in [0.3, 0.4) is 0 Å². The molecule has 0 spiro atoms. The quantitative estimate of drug-likeness (QED) is 0.784. The van der Waals surface area contributed by atoms with Crippen molar-refractivity contribution in [3.05, 3.63) is 41.2 Å². The van der Waals surface area contributed by atoms with Crippen LogP contribution in [0.5, 0.6) is 11.5 Å². The summed E-state index contributed by atoms with van der Waals surface area (Å²) in [6.07, 6.45) is 4.20. The van der Waals surface area contributed by atoms with E-state index in [1.165, 1.54) is 0 Å². The number of aryl methyl sites for hydroxylation is 2. The molecule has 0 radical (unpaired) electrons. The van der Waals surface area contributed by atoms with E-state index in [-0.39, 0.29) is 18.1 Å². The number of nitrogens with zero attached hydrogens (tertiary/aromatic N) is 2. The predicted octanol–water partition coefficient (Wildman–Crippen LogP) is 3.07. The van der Waals surface area contributed by atoms with Gasteiger partial charge in [0.1, 0.15) is 28.9 Å². The summed E-state index contributed by atoms with van der Waals surface area (Å²) in [5.74, 6) is 2.20. The van der Waals surface area contributed by atoms with E-state index in [4.69, 9.17) is 14.9 Å². The van der Waals surface area contributed by atoms with Crippen LogP contribution in [0.4, 0.5) is 5.69 Å². The highest BCUT2D eigenvalue weighted by molar-refractivity contribution is 6.30. The van der Waals surface area contributed by atoms with E-state index in [0.29, 0.717) is 22.9 Å². The van der Waals surface area contributed by atoms with Crippen LogP contribution in [-0.4, -0.2) is 41.7 Å². The molecule has 3 N–H and O–H groups in total. The van der Waals surface area contributed by atoms with Crippen LogP contribution >= 0.6 is 0 Å². The molecule has 4 rings (SSSR count). The minimum absolute atomic E-state index is 0.142. The van der Waals surface area contributed by atoms with E-state index in [0.717, 1.165) is 42.8 Å². The zero-order chi connectivity index (χ0) is 18.3. The summed E-state index contributed by atoms with van der Waals surface area (Å²) in [5.41, 5.74) is 3.37. The van der Waals surface area contributed by atoms with Crippen LogP contribution in [0, 0.1) is 5.41 Å². The number of aromatic nitrogens is 2. The Labute approximate surface area is 151 Å². The van der Waals surface area contributed by atoms with Crippen LogP contribution in [0.2, 0.25) is 0 Å². The molecule has 0 bridgehead atoms. The molecular weight excluding hydrogens is 332 g/mol. The average Bonchev–Trinajstić information content (AvgIpc) is 3.21. The summed E-state index contributed by atoms with van der Waals surface area (Å²) in [7, 11) is 3.17. The largest absolute Gasteiger partial charge is 0.509 e. The Morgan fingerprint density at radius 1 is 1.12 bits per heavy atom. The number of amidine groups is 1. The predicted molar refractivity (Wildman–Crippen MR) is 99.4 cm³/mol. The topological polar surface area (TPSA) is 94.5 Å². The van der Waals surface area contributed by atoms with Crippen LogP contribution in [0.1, 0.15) is 30.1 Å². The number of benzene rings is 1. The number of anilines is 1. The smallest absolute Gasteiger partial charge is 0.145 e.